The number of fused-ring (bicyclic) bond motifs is 1. The molecule has 0 aliphatic heterocycles. The van der Waals surface area contributed by atoms with E-state index < -0.39 is 0 Å². The number of thiazole rings is 1. The predicted octanol–water partition coefficient (Wildman–Crippen LogP) is 4.43. The highest BCUT2D eigenvalue weighted by Crippen LogP contribution is 2.31. The Labute approximate surface area is 122 Å². The summed E-state index contributed by atoms with van der Waals surface area (Å²) in [7, 11) is 0. The van der Waals surface area contributed by atoms with Gasteiger partial charge in [0.15, 0.2) is 5.13 Å². The third kappa shape index (κ3) is 2.65. The Bertz CT molecular complexity index is 704. The Balaban J connectivity index is 1.84. The Morgan fingerprint density at radius 2 is 2.05 bits per heavy atom. The Morgan fingerprint density at radius 1 is 1.15 bits per heavy atom. The number of benzene rings is 1. The van der Waals surface area contributed by atoms with Crippen molar-refractivity contribution in [1.29, 1.82) is 0 Å². The third-order valence-electron chi connectivity index (χ3n) is 3.22. The van der Waals surface area contributed by atoms with Gasteiger partial charge in [-0.05, 0) is 29.7 Å². The molecule has 3 aromatic rings. The van der Waals surface area contributed by atoms with Crippen molar-refractivity contribution < 1.29 is 0 Å². The van der Waals surface area contributed by atoms with Crippen LogP contribution in [-0.2, 0) is 6.54 Å². The van der Waals surface area contributed by atoms with Crippen LogP contribution in [0.2, 0.25) is 0 Å². The summed E-state index contributed by atoms with van der Waals surface area (Å²) in [5.41, 5.74) is 3.46. The van der Waals surface area contributed by atoms with Crippen molar-refractivity contribution in [1.82, 2.24) is 9.97 Å². The number of para-hydroxylation sites is 1. The number of aromatic nitrogens is 2. The molecule has 0 saturated carbocycles. The average Bonchev–Trinajstić information content (AvgIpc) is 2.88. The molecule has 0 radical (unpaired) electrons. The van der Waals surface area contributed by atoms with Gasteiger partial charge in [0.25, 0.3) is 0 Å². The standard InChI is InChI=1S/C16H17N3S/c1-11(2)13-7-5-8-14-15(13)19-16(20-14)18-10-12-6-3-4-9-17-12/h3-9,11H,10H2,1-2H3,(H,18,19). The molecule has 2 heterocycles. The topological polar surface area (TPSA) is 37.8 Å². The Morgan fingerprint density at radius 3 is 2.80 bits per heavy atom. The zero-order valence-electron chi connectivity index (χ0n) is 11.6. The SMILES string of the molecule is CC(C)c1cccc2sc(NCc3ccccn3)nc12. The molecule has 1 aromatic carbocycles. The number of hydrogen-bond donors (Lipinski definition) is 1. The lowest BCUT2D eigenvalue weighted by atomic mass is 10.0. The van der Waals surface area contributed by atoms with Crippen LogP contribution >= 0.6 is 11.3 Å². The maximum Gasteiger partial charge on any atom is 0.184 e. The van der Waals surface area contributed by atoms with Gasteiger partial charge in [0.2, 0.25) is 0 Å². The van der Waals surface area contributed by atoms with Crippen LogP contribution < -0.4 is 5.32 Å². The van der Waals surface area contributed by atoms with Crippen molar-refractivity contribution in [2.45, 2.75) is 26.3 Å². The largest absolute Gasteiger partial charge is 0.356 e. The van der Waals surface area contributed by atoms with Gasteiger partial charge >= 0.3 is 0 Å². The molecule has 102 valence electrons. The van der Waals surface area contributed by atoms with Crippen molar-refractivity contribution >= 4 is 26.7 Å². The Hall–Kier alpha value is -1.94. The molecule has 0 saturated heterocycles. The summed E-state index contributed by atoms with van der Waals surface area (Å²) >= 11 is 1.70. The first-order valence-electron chi connectivity index (χ1n) is 6.77. The van der Waals surface area contributed by atoms with E-state index in [-0.39, 0.29) is 0 Å². The summed E-state index contributed by atoms with van der Waals surface area (Å²) in [4.78, 5) is 9.04. The molecule has 3 nitrogen and oxygen atoms in total. The number of hydrogen-bond acceptors (Lipinski definition) is 4. The highest BCUT2D eigenvalue weighted by Gasteiger charge is 2.10. The molecule has 0 aliphatic carbocycles. The number of rotatable bonds is 4. The molecule has 0 aliphatic rings. The average molecular weight is 283 g/mol. The lowest BCUT2D eigenvalue weighted by Crippen LogP contribution is -2.00. The first-order chi connectivity index (χ1) is 9.74. The minimum atomic E-state index is 0.490. The highest BCUT2D eigenvalue weighted by atomic mass is 32.1. The van der Waals surface area contributed by atoms with Gasteiger partial charge in [0.1, 0.15) is 0 Å². The second kappa shape index (κ2) is 5.59. The summed E-state index contributed by atoms with van der Waals surface area (Å²) in [5.74, 6) is 0.490. The van der Waals surface area contributed by atoms with E-state index in [9.17, 15) is 0 Å². The van der Waals surface area contributed by atoms with Gasteiger partial charge in [-0.1, -0.05) is 43.4 Å². The van der Waals surface area contributed by atoms with Gasteiger partial charge in [-0.25, -0.2) is 4.98 Å². The van der Waals surface area contributed by atoms with Gasteiger partial charge in [-0.3, -0.25) is 4.98 Å². The second-order valence-corrected chi connectivity index (χ2v) is 6.07. The molecule has 20 heavy (non-hydrogen) atoms. The molecule has 0 spiro atoms. The monoisotopic (exact) mass is 283 g/mol. The van der Waals surface area contributed by atoms with E-state index >= 15 is 0 Å². The van der Waals surface area contributed by atoms with Crippen LogP contribution in [0.4, 0.5) is 5.13 Å². The van der Waals surface area contributed by atoms with E-state index in [2.05, 4.69) is 42.3 Å². The van der Waals surface area contributed by atoms with Gasteiger partial charge < -0.3 is 5.32 Å². The van der Waals surface area contributed by atoms with Gasteiger partial charge in [-0.2, -0.15) is 0 Å². The zero-order valence-corrected chi connectivity index (χ0v) is 12.4. The fourth-order valence-electron chi connectivity index (χ4n) is 2.18. The van der Waals surface area contributed by atoms with E-state index in [1.165, 1.54) is 10.3 Å². The zero-order chi connectivity index (χ0) is 13.9. The van der Waals surface area contributed by atoms with E-state index in [4.69, 9.17) is 4.98 Å². The lowest BCUT2D eigenvalue weighted by molar-refractivity contribution is 0.873. The van der Waals surface area contributed by atoms with Crippen LogP contribution in [0.5, 0.6) is 0 Å². The molecule has 3 rings (SSSR count). The van der Waals surface area contributed by atoms with Gasteiger partial charge in [0, 0.05) is 6.20 Å². The van der Waals surface area contributed by atoms with E-state index in [0.29, 0.717) is 12.5 Å². The molecule has 2 aromatic heterocycles. The Kier molecular flexibility index (Phi) is 3.65. The number of nitrogens with one attached hydrogen (secondary N) is 1. The molecule has 4 heteroatoms. The smallest absolute Gasteiger partial charge is 0.184 e. The van der Waals surface area contributed by atoms with Gasteiger partial charge in [-0.15, -0.1) is 0 Å². The molecule has 1 N–H and O–H groups in total. The summed E-state index contributed by atoms with van der Waals surface area (Å²) in [6, 6.07) is 12.3. The van der Waals surface area contributed by atoms with E-state index in [1.807, 2.05) is 24.4 Å². The molecule has 0 bridgehead atoms. The quantitative estimate of drug-likeness (QED) is 0.770. The molecular formula is C16H17N3S. The predicted molar refractivity (Wildman–Crippen MR) is 85.3 cm³/mol. The summed E-state index contributed by atoms with van der Waals surface area (Å²) < 4.78 is 1.24. The van der Waals surface area contributed by atoms with Crippen molar-refractivity contribution in [2.24, 2.45) is 0 Å². The van der Waals surface area contributed by atoms with Crippen molar-refractivity contribution in [2.75, 3.05) is 5.32 Å². The summed E-state index contributed by atoms with van der Waals surface area (Å²) in [5, 5.41) is 4.32. The van der Waals surface area contributed by atoms with Gasteiger partial charge in [0.05, 0.1) is 22.5 Å². The minimum Gasteiger partial charge on any atom is -0.356 e. The minimum absolute atomic E-state index is 0.490. The fraction of sp³-hybridized carbons (Fsp3) is 0.250. The fourth-order valence-corrected chi connectivity index (χ4v) is 3.08. The van der Waals surface area contributed by atoms with E-state index in [0.717, 1.165) is 16.3 Å². The van der Waals surface area contributed by atoms with E-state index in [1.54, 1.807) is 11.3 Å². The van der Waals surface area contributed by atoms with Crippen molar-refractivity contribution in [3.05, 3.63) is 53.9 Å². The highest BCUT2D eigenvalue weighted by molar-refractivity contribution is 7.22. The molecule has 0 atom stereocenters. The molecule has 0 fully saturated rings. The second-order valence-electron chi connectivity index (χ2n) is 5.04. The molecule has 0 unspecified atom stereocenters. The molecule has 0 amide bonds. The maximum atomic E-state index is 4.73. The van der Waals surface area contributed by atoms with Crippen LogP contribution in [0.1, 0.15) is 31.0 Å². The van der Waals surface area contributed by atoms with Crippen LogP contribution in [-0.4, -0.2) is 9.97 Å². The summed E-state index contributed by atoms with van der Waals surface area (Å²) in [6.45, 7) is 5.11. The first kappa shape index (κ1) is 13.1. The van der Waals surface area contributed by atoms with Crippen LogP contribution in [0, 0.1) is 0 Å². The van der Waals surface area contributed by atoms with Crippen molar-refractivity contribution in [3.63, 3.8) is 0 Å². The number of pyridine rings is 1. The van der Waals surface area contributed by atoms with Crippen LogP contribution in [0.3, 0.4) is 0 Å². The third-order valence-corrected chi connectivity index (χ3v) is 4.20. The lowest BCUT2D eigenvalue weighted by Gasteiger charge is -2.04. The first-order valence-corrected chi connectivity index (χ1v) is 7.59. The molecular weight excluding hydrogens is 266 g/mol. The van der Waals surface area contributed by atoms with Crippen LogP contribution in [0.15, 0.2) is 42.6 Å². The van der Waals surface area contributed by atoms with Crippen LogP contribution in [0.25, 0.3) is 10.2 Å². The normalized spacial score (nSPS) is 11.2. The maximum absolute atomic E-state index is 4.73. The van der Waals surface area contributed by atoms with Crippen molar-refractivity contribution in [3.8, 4) is 0 Å². The summed E-state index contributed by atoms with van der Waals surface area (Å²) in [6.07, 6.45) is 1.81. The number of anilines is 1. The number of nitrogens with zero attached hydrogens (tertiary/aromatic N) is 2.